The lowest BCUT2D eigenvalue weighted by atomic mass is 10.2. The fourth-order valence-electron chi connectivity index (χ4n) is 1.83. The summed E-state index contributed by atoms with van der Waals surface area (Å²) >= 11 is 0. The van der Waals surface area contributed by atoms with Crippen LogP contribution in [0.5, 0.6) is 0 Å². The molecule has 0 saturated carbocycles. The quantitative estimate of drug-likeness (QED) is 0.675. The van der Waals surface area contributed by atoms with Crippen LogP contribution in [0.15, 0.2) is 29.1 Å². The summed E-state index contributed by atoms with van der Waals surface area (Å²) in [5.41, 5.74) is -0.273. The number of hydrogen-bond acceptors (Lipinski definition) is 7. The van der Waals surface area contributed by atoms with E-state index in [4.69, 9.17) is 0 Å². The summed E-state index contributed by atoms with van der Waals surface area (Å²) in [7, 11) is 0. The van der Waals surface area contributed by atoms with Crippen LogP contribution in [-0.2, 0) is 20.9 Å². The van der Waals surface area contributed by atoms with Crippen molar-refractivity contribution in [3.05, 3.63) is 34.6 Å². The largest absolute Gasteiger partial charge is 0.454 e. The number of nitrogens with one attached hydrogen (secondary N) is 2. The van der Waals surface area contributed by atoms with Crippen LogP contribution in [0, 0.1) is 0 Å². The number of aromatic nitrogens is 3. The first-order valence-electron chi connectivity index (χ1n) is 7.28. The van der Waals surface area contributed by atoms with Gasteiger partial charge in [-0.15, -0.1) is 5.10 Å². The molecule has 10 nitrogen and oxygen atoms in total. The number of halogens is 3. The van der Waals surface area contributed by atoms with Crippen molar-refractivity contribution in [1.29, 1.82) is 0 Å². The maximum Gasteiger partial charge on any atom is 0.405 e. The van der Waals surface area contributed by atoms with Gasteiger partial charge in [-0.2, -0.15) is 17.9 Å². The Balaban J connectivity index is 1.84. The molecule has 0 aliphatic carbocycles. The van der Waals surface area contributed by atoms with Crippen LogP contribution in [0.25, 0.3) is 10.9 Å². The van der Waals surface area contributed by atoms with Crippen molar-refractivity contribution in [3.8, 4) is 0 Å². The van der Waals surface area contributed by atoms with Crippen LogP contribution in [-0.4, -0.2) is 52.2 Å². The molecule has 13 heteroatoms. The molecule has 0 saturated heterocycles. The highest BCUT2D eigenvalue weighted by Gasteiger charge is 2.28. The maximum absolute atomic E-state index is 12.1. The first-order chi connectivity index (χ1) is 12.7. The van der Waals surface area contributed by atoms with Gasteiger partial charge in [-0.1, -0.05) is 17.3 Å². The Morgan fingerprint density at radius 2 is 1.89 bits per heavy atom. The third-order valence-electron chi connectivity index (χ3n) is 2.97. The summed E-state index contributed by atoms with van der Waals surface area (Å²) in [6.07, 6.45) is -4.64. The van der Waals surface area contributed by atoms with E-state index in [0.29, 0.717) is 5.52 Å². The molecule has 0 aliphatic rings. The molecule has 1 aromatic heterocycles. The van der Waals surface area contributed by atoms with E-state index in [1.807, 2.05) is 0 Å². The van der Waals surface area contributed by atoms with E-state index in [1.165, 1.54) is 11.4 Å². The lowest BCUT2D eigenvalue weighted by Crippen LogP contribution is -2.44. The number of ether oxygens (including phenoxy) is 1. The predicted octanol–water partition coefficient (Wildman–Crippen LogP) is -0.277. The number of nitrogens with zero attached hydrogens (tertiary/aromatic N) is 3. The molecule has 0 radical (unpaired) electrons. The SMILES string of the molecule is O=C(COC(=O)Cn1nnc2ccccc2c1=O)NC(=O)NCC(F)(F)F. The highest BCUT2D eigenvalue weighted by molar-refractivity contribution is 5.95. The van der Waals surface area contributed by atoms with Gasteiger partial charge in [0, 0.05) is 0 Å². The summed E-state index contributed by atoms with van der Waals surface area (Å²) in [5, 5.41) is 10.5. The molecule has 0 bridgehead atoms. The van der Waals surface area contributed by atoms with E-state index in [9.17, 15) is 32.3 Å². The highest BCUT2D eigenvalue weighted by atomic mass is 19.4. The van der Waals surface area contributed by atoms with E-state index in [2.05, 4.69) is 15.0 Å². The average molecular weight is 387 g/mol. The van der Waals surface area contributed by atoms with Crippen molar-refractivity contribution in [2.75, 3.05) is 13.2 Å². The van der Waals surface area contributed by atoms with Gasteiger partial charge in [-0.25, -0.2) is 4.79 Å². The van der Waals surface area contributed by atoms with Gasteiger partial charge in [-0.3, -0.25) is 19.7 Å². The predicted molar refractivity (Wildman–Crippen MR) is 82.4 cm³/mol. The smallest absolute Gasteiger partial charge is 0.405 e. The maximum atomic E-state index is 12.1. The van der Waals surface area contributed by atoms with Gasteiger partial charge in [0.1, 0.15) is 18.6 Å². The zero-order valence-corrected chi connectivity index (χ0v) is 13.4. The van der Waals surface area contributed by atoms with Crippen LogP contribution in [0.4, 0.5) is 18.0 Å². The fourth-order valence-corrected chi connectivity index (χ4v) is 1.83. The van der Waals surface area contributed by atoms with E-state index in [0.717, 1.165) is 4.68 Å². The zero-order valence-electron chi connectivity index (χ0n) is 13.4. The number of hydrogen-bond donors (Lipinski definition) is 2. The summed E-state index contributed by atoms with van der Waals surface area (Å²) in [6.45, 7) is -3.21. The number of alkyl halides is 3. The summed E-state index contributed by atoms with van der Waals surface area (Å²) in [5.74, 6) is -2.19. The molecular formula is C14H12F3N5O5. The molecule has 3 amide bonds. The van der Waals surface area contributed by atoms with Gasteiger partial charge in [-0.05, 0) is 12.1 Å². The molecule has 1 aromatic carbocycles. The standard InChI is InChI=1S/C14H12F3N5O5/c15-14(16,17)7-18-13(26)19-10(23)6-27-11(24)5-22-12(25)8-3-1-2-4-9(8)20-21-22/h1-4H,5-7H2,(H2,18,19,23,26). The molecular weight excluding hydrogens is 375 g/mol. The Labute approximate surface area is 148 Å². The molecule has 0 aliphatic heterocycles. The van der Waals surface area contributed by atoms with Gasteiger partial charge in [0.25, 0.3) is 11.5 Å². The van der Waals surface area contributed by atoms with Gasteiger partial charge in [0.15, 0.2) is 6.61 Å². The lowest BCUT2D eigenvalue weighted by molar-refractivity contribution is -0.149. The normalized spacial score (nSPS) is 11.1. The zero-order chi connectivity index (χ0) is 20.0. The number of carbonyl (C=O) groups excluding carboxylic acids is 3. The van der Waals surface area contributed by atoms with Gasteiger partial charge >= 0.3 is 18.2 Å². The molecule has 1 heterocycles. The van der Waals surface area contributed by atoms with E-state index < -0.39 is 49.3 Å². The number of amides is 3. The van der Waals surface area contributed by atoms with Crippen molar-refractivity contribution >= 4 is 28.8 Å². The molecule has 2 N–H and O–H groups in total. The van der Waals surface area contributed by atoms with Crippen molar-refractivity contribution in [1.82, 2.24) is 25.6 Å². The second kappa shape index (κ2) is 8.25. The number of carbonyl (C=O) groups is 3. The molecule has 0 atom stereocenters. The lowest BCUT2D eigenvalue weighted by Gasteiger charge is -2.09. The van der Waals surface area contributed by atoms with Crippen molar-refractivity contribution in [2.45, 2.75) is 12.7 Å². The topological polar surface area (TPSA) is 132 Å². The summed E-state index contributed by atoms with van der Waals surface area (Å²) in [6, 6.07) is 4.90. The molecule has 0 spiro atoms. The Morgan fingerprint density at radius 3 is 2.59 bits per heavy atom. The minimum Gasteiger partial charge on any atom is -0.454 e. The van der Waals surface area contributed by atoms with Crippen LogP contribution in [0.2, 0.25) is 0 Å². The minimum atomic E-state index is -4.64. The van der Waals surface area contributed by atoms with Gasteiger partial charge in [0.2, 0.25) is 0 Å². The average Bonchev–Trinajstić information content (AvgIpc) is 2.60. The summed E-state index contributed by atoms with van der Waals surface area (Å²) in [4.78, 5) is 46.2. The number of rotatable bonds is 5. The number of imide groups is 1. The van der Waals surface area contributed by atoms with Crippen molar-refractivity contribution in [2.24, 2.45) is 0 Å². The fraction of sp³-hybridized carbons (Fsp3) is 0.286. The molecule has 27 heavy (non-hydrogen) atoms. The Bertz CT molecular complexity index is 927. The molecule has 2 rings (SSSR count). The number of urea groups is 1. The highest BCUT2D eigenvalue weighted by Crippen LogP contribution is 2.11. The number of benzene rings is 1. The third-order valence-corrected chi connectivity index (χ3v) is 2.97. The Hall–Kier alpha value is -3.51. The molecule has 0 fully saturated rings. The van der Waals surface area contributed by atoms with Crippen LogP contribution >= 0.6 is 0 Å². The van der Waals surface area contributed by atoms with Crippen LogP contribution < -0.4 is 16.2 Å². The van der Waals surface area contributed by atoms with Crippen LogP contribution in [0.1, 0.15) is 0 Å². The Morgan fingerprint density at radius 1 is 1.19 bits per heavy atom. The van der Waals surface area contributed by atoms with E-state index >= 15 is 0 Å². The molecule has 2 aromatic rings. The van der Waals surface area contributed by atoms with Crippen molar-refractivity contribution < 1.29 is 32.3 Å². The van der Waals surface area contributed by atoms with Crippen molar-refractivity contribution in [3.63, 3.8) is 0 Å². The molecule has 144 valence electrons. The second-order valence-corrected chi connectivity index (χ2v) is 5.08. The monoisotopic (exact) mass is 387 g/mol. The summed E-state index contributed by atoms with van der Waals surface area (Å²) < 4.78 is 41.0. The van der Waals surface area contributed by atoms with Crippen LogP contribution in [0.3, 0.4) is 0 Å². The Kier molecular flexibility index (Phi) is 6.05. The first-order valence-corrected chi connectivity index (χ1v) is 7.28. The minimum absolute atomic E-state index is 0.222. The molecule has 0 unspecified atom stereocenters. The van der Waals surface area contributed by atoms with E-state index in [1.54, 1.807) is 23.5 Å². The third kappa shape index (κ3) is 6.05. The van der Waals surface area contributed by atoms with E-state index in [-0.39, 0.29) is 5.39 Å². The number of esters is 1. The van der Waals surface area contributed by atoms with Gasteiger partial charge < -0.3 is 10.1 Å². The number of fused-ring (bicyclic) bond motifs is 1. The second-order valence-electron chi connectivity index (χ2n) is 5.08. The first kappa shape index (κ1) is 19.8. The van der Waals surface area contributed by atoms with Gasteiger partial charge in [0.05, 0.1) is 5.39 Å².